The van der Waals surface area contributed by atoms with Gasteiger partial charge in [0.2, 0.25) is 11.8 Å². The van der Waals surface area contributed by atoms with Gasteiger partial charge < -0.3 is 10.5 Å². The van der Waals surface area contributed by atoms with E-state index in [9.17, 15) is 9.59 Å². The van der Waals surface area contributed by atoms with Gasteiger partial charge in [0.15, 0.2) is 0 Å². The molecule has 20 heavy (non-hydrogen) atoms. The number of nitrogens with one attached hydrogen (secondary N) is 1. The van der Waals surface area contributed by atoms with Gasteiger partial charge >= 0.3 is 0 Å². The zero-order valence-corrected chi connectivity index (χ0v) is 11.3. The number of ether oxygens (including phenoxy) is 1. The summed E-state index contributed by atoms with van der Waals surface area (Å²) in [6.07, 6.45) is 0.745. The van der Waals surface area contributed by atoms with Crippen LogP contribution in [-0.2, 0) is 16.0 Å². The van der Waals surface area contributed by atoms with Crippen LogP contribution in [0.3, 0.4) is 0 Å². The minimum Gasteiger partial charge on any atom is -0.494 e. The molecule has 4 N–H and O–H groups in total. The van der Waals surface area contributed by atoms with E-state index in [1.54, 1.807) is 5.48 Å². The summed E-state index contributed by atoms with van der Waals surface area (Å²) in [6.45, 7) is 2.49. The Morgan fingerprint density at radius 2 is 2.10 bits per heavy atom. The minimum atomic E-state index is -0.889. The second-order valence-electron chi connectivity index (χ2n) is 5.01. The molecule has 0 aliphatic heterocycles. The Bertz CT molecular complexity index is 514. The molecule has 0 aromatic heterocycles. The molecule has 2 atom stereocenters. The Morgan fingerprint density at radius 3 is 2.60 bits per heavy atom. The van der Waals surface area contributed by atoms with Crippen LogP contribution in [0, 0.1) is 11.3 Å². The van der Waals surface area contributed by atoms with Gasteiger partial charge in [0, 0.05) is 0 Å². The summed E-state index contributed by atoms with van der Waals surface area (Å²) in [5.41, 5.74) is 7.01. The van der Waals surface area contributed by atoms with Gasteiger partial charge in [0.05, 0.1) is 17.9 Å². The molecule has 0 radical (unpaired) electrons. The zero-order valence-electron chi connectivity index (χ0n) is 11.3. The number of carbonyl (C=O) groups is 2. The molecule has 1 aliphatic rings. The second kappa shape index (κ2) is 5.50. The van der Waals surface area contributed by atoms with Crippen molar-refractivity contribution in [3.8, 4) is 5.75 Å². The molecule has 1 fully saturated rings. The molecular formula is C14H18N2O4. The summed E-state index contributed by atoms with van der Waals surface area (Å²) in [6, 6.07) is 7.33. The smallest absolute Gasteiger partial charge is 0.247 e. The molecule has 0 heterocycles. The molecular weight excluding hydrogens is 260 g/mol. The highest BCUT2D eigenvalue weighted by Gasteiger charge is 2.62. The van der Waals surface area contributed by atoms with Crippen molar-refractivity contribution < 1.29 is 19.5 Å². The molecule has 2 rings (SSSR count). The lowest BCUT2D eigenvalue weighted by Gasteiger charge is -2.13. The number of hydrogen-bond donors (Lipinski definition) is 3. The predicted molar refractivity (Wildman–Crippen MR) is 71.0 cm³/mol. The summed E-state index contributed by atoms with van der Waals surface area (Å²) in [7, 11) is 0. The van der Waals surface area contributed by atoms with E-state index in [-0.39, 0.29) is 0 Å². The Kier molecular flexibility index (Phi) is 3.94. The highest BCUT2D eigenvalue weighted by molar-refractivity contribution is 5.95. The first kappa shape index (κ1) is 14.3. The van der Waals surface area contributed by atoms with Crippen molar-refractivity contribution in [3.05, 3.63) is 29.8 Å². The van der Waals surface area contributed by atoms with Crippen LogP contribution in [0.1, 0.15) is 18.9 Å². The summed E-state index contributed by atoms with van der Waals surface area (Å²) < 4.78 is 5.34. The van der Waals surface area contributed by atoms with Crippen molar-refractivity contribution in [1.82, 2.24) is 5.48 Å². The molecule has 6 heteroatoms. The van der Waals surface area contributed by atoms with Crippen molar-refractivity contribution >= 4 is 11.8 Å². The molecule has 0 bridgehead atoms. The fourth-order valence-electron chi connectivity index (χ4n) is 2.52. The van der Waals surface area contributed by atoms with Crippen LogP contribution in [0.2, 0.25) is 0 Å². The quantitative estimate of drug-likeness (QED) is 0.524. The van der Waals surface area contributed by atoms with Crippen LogP contribution in [0.25, 0.3) is 0 Å². The van der Waals surface area contributed by atoms with Gasteiger partial charge in [0.25, 0.3) is 0 Å². The van der Waals surface area contributed by atoms with E-state index < -0.39 is 23.1 Å². The van der Waals surface area contributed by atoms with E-state index in [4.69, 9.17) is 15.7 Å². The summed E-state index contributed by atoms with van der Waals surface area (Å²) >= 11 is 0. The molecule has 1 aliphatic carbocycles. The zero-order chi connectivity index (χ0) is 14.8. The van der Waals surface area contributed by atoms with Crippen molar-refractivity contribution in [2.45, 2.75) is 19.8 Å². The maximum atomic E-state index is 11.6. The Hall–Kier alpha value is -2.08. The maximum absolute atomic E-state index is 11.6. The van der Waals surface area contributed by atoms with E-state index in [1.165, 1.54) is 0 Å². The number of benzene rings is 1. The minimum absolute atomic E-state index is 0.363. The summed E-state index contributed by atoms with van der Waals surface area (Å²) in [4.78, 5) is 23.1. The van der Waals surface area contributed by atoms with Gasteiger partial charge in [-0.05, 0) is 37.5 Å². The second-order valence-corrected chi connectivity index (χ2v) is 5.01. The van der Waals surface area contributed by atoms with Gasteiger partial charge in [-0.2, -0.15) is 0 Å². The van der Waals surface area contributed by atoms with Gasteiger partial charge in [-0.1, -0.05) is 12.1 Å². The summed E-state index contributed by atoms with van der Waals surface area (Å²) in [5.74, 6) is -0.879. The normalized spacial score (nSPS) is 24.0. The van der Waals surface area contributed by atoms with Gasteiger partial charge in [-0.25, -0.2) is 5.48 Å². The molecule has 1 aromatic rings. The van der Waals surface area contributed by atoms with Crippen LogP contribution in [0.5, 0.6) is 5.75 Å². The molecule has 1 saturated carbocycles. The third-order valence-corrected chi connectivity index (χ3v) is 3.75. The molecule has 2 amide bonds. The predicted octanol–water partition coefficient (Wildman–Crippen LogP) is 0.625. The number of rotatable bonds is 6. The van der Waals surface area contributed by atoms with E-state index in [2.05, 4.69) is 0 Å². The SMILES string of the molecule is CCOc1ccc(C[C@]2(C(N)=O)CC2C(=O)NO)cc1. The first-order valence-electron chi connectivity index (χ1n) is 6.49. The van der Waals surface area contributed by atoms with Crippen LogP contribution in [0.4, 0.5) is 0 Å². The van der Waals surface area contributed by atoms with Crippen molar-refractivity contribution in [2.24, 2.45) is 17.1 Å². The van der Waals surface area contributed by atoms with Crippen LogP contribution in [0.15, 0.2) is 24.3 Å². The monoisotopic (exact) mass is 278 g/mol. The molecule has 6 nitrogen and oxygen atoms in total. The van der Waals surface area contributed by atoms with E-state index in [1.807, 2.05) is 31.2 Å². The molecule has 1 unspecified atom stereocenters. The number of nitrogens with two attached hydrogens (primary N) is 1. The number of primary amides is 1. The lowest BCUT2D eigenvalue weighted by Crippen LogP contribution is -2.33. The topological polar surface area (TPSA) is 102 Å². The van der Waals surface area contributed by atoms with Crippen LogP contribution < -0.4 is 16.0 Å². The third kappa shape index (κ3) is 2.60. The first-order valence-corrected chi connectivity index (χ1v) is 6.49. The average Bonchev–Trinajstić information content (AvgIpc) is 3.16. The Balaban J connectivity index is 2.11. The molecule has 0 spiro atoms. The van der Waals surface area contributed by atoms with Crippen molar-refractivity contribution in [2.75, 3.05) is 6.61 Å². The van der Waals surface area contributed by atoms with Crippen molar-refractivity contribution in [1.29, 1.82) is 0 Å². The first-order chi connectivity index (χ1) is 9.53. The van der Waals surface area contributed by atoms with E-state index in [0.717, 1.165) is 11.3 Å². The highest BCUT2D eigenvalue weighted by Crippen LogP contribution is 2.54. The van der Waals surface area contributed by atoms with Crippen molar-refractivity contribution in [3.63, 3.8) is 0 Å². The van der Waals surface area contributed by atoms with Gasteiger partial charge in [-0.15, -0.1) is 0 Å². The van der Waals surface area contributed by atoms with E-state index in [0.29, 0.717) is 19.4 Å². The van der Waals surface area contributed by atoms with Crippen LogP contribution in [-0.4, -0.2) is 23.6 Å². The Labute approximate surface area is 116 Å². The fourth-order valence-corrected chi connectivity index (χ4v) is 2.52. The van der Waals surface area contributed by atoms with Crippen LogP contribution >= 0.6 is 0 Å². The largest absolute Gasteiger partial charge is 0.494 e. The summed E-state index contributed by atoms with van der Waals surface area (Å²) in [5, 5.41) is 8.65. The Morgan fingerprint density at radius 1 is 1.45 bits per heavy atom. The number of carbonyl (C=O) groups excluding carboxylic acids is 2. The standard InChI is InChI=1S/C14H18N2O4/c1-2-20-10-5-3-9(4-6-10)7-14(13(15)18)8-11(14)12(17)16-19/h3-6,11,19H,2,7-8H2,1H3,(H2,15,18)(H,16,17)/t11?,14-/m0/s1. The highest BCUT2D eigenvalue weighted by atomic mass is 16.5. The lowest BCUT2D eigenvalue weighted by molar-refractivity contribution is -0.134. The molecule has 108 valence electrons. The average molecular weight is 278 g/mol. The number of hydrogen-bond acceptors (Lipinski definition) is 4. The third-order valence-electron chi connectivity index (χ3n) is 3.75. The lowest BCUT2D eigenvalue weighted by atomic mass is 9.93. The number of hydroxylamine groups is 1. The van der Waals surface area contributed by atoms with Gasteiger partial charge in [0.1, 0.15) is 5.75 Å². The molecule has 0 saturated heterocycles. The van der Waals surface area contributed by atoms with E-state index >= 15 is 0 Å². The number of amides is 2. The maximum Gasteiger partial charge on any atom is 0.247 e. The molecule has 1 aromatic carbocycles. The van der Waals surface area contributed by atoms with Gasteiger partial charge in [-0.3, -0.25) is 14.8 Å². The fraction of sp³-hybridized carbons (Fsp3) is 0.429.